The molecule has 0 bridgehead atoms. The van der Waals surface area contributed by atoms with Crippen LogP contribution in [0.5, 0.6) is 0 Å². The van der Waals surface area contributed by atoms with E-state index < -0.39 is 37.9 Å². The summed E-state index contributed by atoms with van der Waals surface area (Å²) >= 11 is -2.60. The lowest BCUT2D eigenvalue weighted by molar-refractivity contribution is -0.139. The van der Waals surface area contributed by atoms with Crippen LogP contribution in [0.4, 0.5) is 24.5 Å². The van der Waals surface area contributed by atoms with E-state index >= 15 is 0 Å². The van der Waals surface area contributed by atoms with Crippen molar-refractivity contribution in [3.63, 3.8) is 0 Å². The molecule has 1 atom stereocenters. The van der Waals surface area contributed by atoms with Crippen molar-refractivity contribution >= 4 is 43.4 Å². The largest absolute Gasteiger partial charge is 0.755 e. The minimum atomic E-state index is -4.85. The van der Waals surface area contributed by atoms with Gasteiger partial charge in [-0.25, -0.2) is 8.42 Å². The number of hydrogen-bond acceptors (Lipinski definition) is 4. The van der Waals surface area contributed by atoms with Crippen LogP contribution in [-0.2, 0) is 27.5 Å². The summed E-state index contributed by atoms with van der Waals surface area (Å²) in [4.78, 5) is -0.908. The molecule has 0 aliphatic heterocycles. The maximum absolute atomic E-state index is 13.2. The van der Waals surface area contributed by atoms with Crippen molar-refractivity contribution in [2.45, 2.75) is 11.1 Å². The number of anilines is 2. The third-order valence-corrected chi connectivity index (χ3v) is 5.65. The standard InChI is InChI=1S/C17H13F3N2O4S2/c18-17(19,20)13-7-3-4-8-16(13)28(25,26)22-15-10-9-14(21-27(23)24)11-5-1-2-6-12(11)15/h1-10,21-22H,(H,23,24)/p-1. The topological polar surface area (TPSA) is 98.3 Å². The third-order valence-electron chi connectivity index (χ3n) is 3.84. The SMILES string of the molecule is O=S([O-])Nc1ccc(NS(=O)(=O)c2ccccc2C(F)(F)F)c2ccccc12. The molecule has 0 amide bonds. The highest BCUT2D eigenvalue weighted by Crippen LogP contribution is 2.36. The molecule has 3 rings (SSSR count). The summed E-state index contributed by atoms with van der Waals surface area (Å²) in [7, 11) is -4.57. The van der Waals surface area contributed by atoms with Gasteiger partial charge in [-0.05, 0) is 24.3 Å². The van der Waals surface area contributed by atoms with Crippen LogP contribution in [0.15, 0.2) is 65.6 Å². The minimum Gasteiger partial charge on any atom is -0.755 e. The van der Waals surface area contributed by atoms with Crippen LogP contribution in [0.2, 0.25) is 0 Å². The second kappa shape index (κ2) is 7.41. The fourth-order valence-electron chi connectivity index (χ4n) is 2.70. The van der Waals surface area contributed by atoms with Crippen molar-refractivity contribution in [2.75, 3.05) is 9.44 Å². The first-order valence-corrected chi connectivity index (χ1v) is 10.2. The number of alkyl halides is 3. The molecule has 3 aromatic rings. The Labute approximate surface area is 160 Å². The van der Waals surface area contributed by atoms with Crippen LogP contribution in [0.3, 0.4) is 0 Å². The van der Waals surface area contributed by atoms with Gasteiger partial charge in [0.2, 0.25) is 0 Å². The van der Waals surface area contributed by atoms with Gasteiger partial charge in [0.1, 0.15) is 0 Å². The highest BCUT2D eigenvalue weighted by atomic mass is 32.2. The van der Waals surface area contributed by atoms with Crippen LogP contribution >= 0.6 is 0 Å². The first-order valence-electron chi connectivity index (χ1n) is 7.66. The Kier molecular flexibility index (Phi) is 5.33. The Morgan fingerprint density at radius 1 is 0.857 bits per heavy atom. The Morgan fingerprint density at radius 2 is 1.39 bits per heavy atom. The Hall–Kier alpha value is -2.63. The van der Waals surface area contributed by atoms with Crippen LogP contribution in [-0.4, -0.2) is 17.2 Å². The molecule has 148 valence electrons. The van der Waals surface area contributed by atoms with Gasteiger partial charge in [-0.2, -0.15) is 13.2 Å². The van der Waals surface area contributed by atoms with Crippen molar-refractivity contribution in [3.8, 4) is 0 Å². The number of rotatable bonds is 5. The molecular weight excluding hydrogens is 417 g/mol. The average Bonchev–Trinajstić information content (AvgIpc) is 2.62. The van der Waals surface area contributed by atoms with E-state index in [1.165, 1.54) is 24.3 Å². The predicted octanol–water partition coefficient (Wildman–Crippen LogP) is 3.87. The van der Waals surface area contributed by atoms with Gasteiger partial charge < -0.3 is 9.27 Å². The number of nitrogens with one attached hydrogen (secondary N) is 2. The summed E-state index contributed by atoms with van der Waals surface area (Å²) in [6.45, 7) is 0. The van der Waals surface area contributed by atoms with E-state index in [4.69, 9.17) is 0 Å². The van der Waals surface area contributed by atoms with Crippen molar-refractivity contribution < 1.29 is 30.4 Å². The van der Waals surface area contributed by atoms with Crippen molar-refractivity contribution in [1.29, 1.82) is 0 Å². The van der Waals surface area contributed by atoms with E-state index in [0.29, 0.717) is 16.8 Å². The minimum absolute atomic E-state index is 0.00908. The summed E-state index contributed by atoms with van der Waals surface area (Å²) in [6, 6.07) is 12.7. The zero-order valence-corrected chi connectivity index (χ0v) is 15.5. The lowest BCUT2D eigenvalue weighted by Gasteiger charge is -2.17. The molecule has 1 unspecified atom stereocenters. The number of sulfonamides is 1. The summed E-state index contributed by atoms with van der Waals surface area (Å²) in [5, 5.41) is 0.682. The molecule has 28 heavy (non-hydrogen) atoms. The zero-order valence-electron chi connectivity index (χ0n) is 13.9. The number of halogens is 3. The van der Waals surface area contributed by atoms with Gasteiger partial charge in [0.05, 0.1) is 21.8 Å². The second-order valence-electron chi connectivity index (χ2n) is 5.64. The summed E-state index contributed by atoms with van der Waals surface area (Å²) in [5.41, 5.74) is -1.08. The molecule has 0 aromatic heterocycles. The lowest BCUT2D eigenvalue weighted by atomic mass is 10.1. The molecule has 3 aromatic carbocycles. The molecule has 0 spiro atoms. The van der Waals surface area contributed by atoms with Gasteiger partial charge in [0.25, 0.3) is 10.0 Å². The first kappa shape index (κ1) is 20.1. The summed E-state index contributed by atoms with van der Waals surface area (Å²) in [5.74, 6) is 0. The van der Waals surface area contributed by atoms with E-state index in [2.05, 4.69) is 9.44 Å². The van der Waals surface area contributed by atoms with Gasteiger partial charge >= 0.3 is 6.18 Å². The van der Waals surface area contributed by atoms with Crippen molar-refractivity contribution in [1.82, 2.24) is 0 Å². The molecule has 0 radical (unpaired) electrons. The second-order valence-corrected chi connectivity index (χ2v) is 7.97. The van der Waals surface area contributed by atoms with Crippen LogP contribution < -0.4 is 9.44 Å². The van der Waals surface area contributed by atoms with Gasteiger partial charge in [0.15, 0.2) is 0 Å². The molecule has 6 nitrogen and oxygen atoms in total. The van der Waals surface area contributed by atoms with Gasteiger partial charge in [-0.15, -0.1) is 0 Å². The molecule has 0 saturated heterocycles. The Morgan fingerprint density at radius 3 is 2.00 bits per heavy atom. The average molecular weight is 429 g/mol. The molecule has 0 aliphatic carbocycles. The first-order chi connectivity index (χ1) is 13.1. The molecule has 0 fully saturated rings. The fraction of sp³-hybridized carbons (Fsp3) is 0.0588. The zero-order chi connectivity index (χ0) is 20.5. The highest BCUT2D eigenvalue weighted by molar-refractivity contribution is 7.92. The molecule has 0 aliphatic rings. The molecule has 0 saturated carbocycles. The van der Waals surface area contributed by atoms with Crippen LogP contribution in [0, 0.1) is 0 Å². The highest BCUT2D eigenvalue weighted by Gasteiger charge is 2.37. The van der Waals surface area contributed by atoms with Crippen LogP contribution in [0.1, 0.15) is 5.56 Å². The number of fused-ring (bicyclic) bond motifs is 1. The van der Waals surface area contributed by atoms with E-state index in [1.54, 1.807) is 18.2 Å². The normalized spacial score (nSPS) is 13.3. The quantitative estimate of drug-likeness (QED) is 0.602. The number of benzene rings is 3. The maximum atomic E-state index is 13.2. The van der Waals surface area contributed by atoms with Crippen molar-refractivity contribution in [2.24, 2.45) is 0 Å². The van der Waals surface area contributed by atoms with Gasteiger partial charge in [-0.3, -0.25) is 8.93 Å². The Bertz CT molecular complexity index is 1160. The molecule has 2 N–H and O–H groups in total. The van der Waals surface area contributed by atoms with E-state index in [0.717, 1.165) is 12.1 Å². The van der Waals surface area contributed by atoms with Crippen molar-refractivity contribution in [3.05, 3.63) is 66.2 Å². The molecule has 0 heterocycles. The fourth-order valence-corrected chi connectivity index (χ4v) is 4.37. The Balaban J connectivity index is 2.10. The summed E-state index contributed by atoms with van der Waals surface area (Å²) in [6.07, 6.45) is -4.85. The van der Waals surface area contributed by atoms with E-state index in [-0.39, 0.29) is 11.4 Å². The maximum Gasteiger partial charge on any atom is 0.417 e. The smallest absolute Gasteiger partial charge is 0.417 e. The third kappa shape index (κ3) is 4.11. The van der Waals surface area contributed by atoms with E-state index in [1.807, 2.05) is 0 Å². The van der Waals surface area contributed by atoms with Gasteiger partial charge in [0, 0.05) is 22.0 Å². The number of hydrogen-bond donors (Lipinski definition) is 2. The molecular formula is C17H12F3N2O4S2-. The molecule has 11 heteroatoms. The van der Waals surface area contributed by atoms with E-state index in [9.17, 15) is 30.4 Å². The van der Waals surface area contributed by atoms with Gasteiger partial charge in [-0.1, -0.05) is 36.4 Å². The predicted molar refractivity (Wildman–Crippen MR) is 98.7 cm³/mol. The summed E-state index contributed by atoms with van der Waals surface area (Å²) < 4.78 is 91.0. The van der Waals surface area contributed by atoms with Crippen LogP contribution in [0.25, 0.3) is 10.8 Å². The lowest BCUT2D eigenvalue weighted by Crippen LogP contribution is -2.19. The monoisotopic (exact) mass is 429 g/mol.